The van der Waals surface area contributed by atoms with Crippen molar-refractivity contribution in [1.82, 2.24) is 4.98 Å². The number of aromatic nitrogens is 1. The molecule has 0 spiro atoms. The maximum Gasteiger partial charge on any atom is 0.295 e. The molecule has 2 aromatic rings. The first-order chi connectivity index (χ1) is 9.24. The lowest BCUT2D eigenvalue weighted by Crippen LogP contribution is -2.09. The van der Waals surface area contributed by atoms with Crippen molar-refractivity contribution in [3.8, 4) is 0 Å². The summed E-state index contributed by atoms with van der Waals surface area (Å²) in [5, 5.41) is 14.9. The third-order valence-electron chi connectivity index (χ3n) is 2.71. The van der Waals surface area contributed by atoms with E-state index in [4.69, 9.17) is 4.74 Å². The minimum Gasteiger partial charge on any atom is -0.382 e. The molecule has 1 N–H and O–H groups in total. The van der Waals surface area contributed by atoms with Gasteiger partial charge in [0.25, 0.3) is 5.69 Å². The second-order valence-corrected chi connectivity index (χ2v) is 3.91. The lowest BCUT2D eigenvalue weighted by atomic mass is 10.1. The lowest BCUT2D eigenvalue weighted by Gasteiger charge is -2.09. The first-order valence-corrected chi connectivity index (χ1v) is 6.07. The number of fused-ring (bicyclic) bond motifs is 1. The van der Waals surface area contributed by atoms with Gasteiger partial charge in [0.1, 0.15) is 5.52 Å². The van der Waals surface area contributed by atoms with Gasteiger partial charge in [0.2, 0.25) is 0 Å². The zero-order valence-electron chi connectivity index (χ0n) is 10.6. The van der Waals surface area contributed by atoms with Crippen molar-refractivity contribution < 1.29 is 9.66 Å². The quantitative estimate of drug-likeness (QED) is 0.491. The molecule has 0 amide bonds. The molecule has 1 aromatic carbocycles. The van der Waals surface area contributed by atoms with Crippen molar-refractivity contribution in [3.05, 3.63) is 40.6 Å². The summed E-state index contributed by atoms with van der Waals surface area (Å²) in [4.78, 5) is 14.6. The number of anilines is 1. The summed E-state index contributed by atoms with van der Waals surface area (Å²) in [7, 11) is 0. The largest absolute Gasteiger partial charge is 0.382 e. The monoisotopic (exact) mass is 261 g/mol. The molecule has 100 valence electrons. The van der Waals surface area contributed by atoms with Crippen molar-refractivity contribution >= 4 is 22.3 Å². The summed E-state index contributed by atoms with van der Waals surface area (Å²) in [5.41, 5.74) is 1.24. The van der Waals surface area contributed by atoms with Gasteiger partial charge in [0, 0.05) is 36.5 Å². The molecular weight excluding hydrogens is 246 g/mol. The van der Waals surface area contributed by atoms with Gasteiger partial charge in [-0.3, -0.25) is 10.1 Å². The first kappa shape index (κ1) is 13.2. The van der Waals surface area contributed by atoms with Crippen LogP contribution in [-0.4, -0.2) is 29.7 Å². The number of hydrogen-bond acceptors (Lipinski definition) is 5. The fourth-order valence-electron chi connectivity index (χ4n) is 1.86. The van der Waals surface area contributed by atoms with Crippen LogP contribution >= 0.6 is 0 Å². The minimum atomic E-state index is -0.417. The Labute approximate surface area is 110 Å². The second-order valence-electron chi connectivity index (χ2n) is 3.91. The summed E-state index contributed by atoms with van der Waals surface area (Å²) in [6.07, 6.45) is 1.55. The zero-order chi connectivity index (χ0) is 13.7. The fourth-order valence-corrected chi connectivity index (χ4v) is 1.86. The lowest BCUT2D eigenvalue weighted by molar-refractivity contribution is -0.383. The van der Waals surface area contributed by atoms with E-state index in [1.165, 1.54) is 6.07 Å². The SMILES string of the molecule is CCOCCNc1ccc([N+](=O)[O-])c2ncccc12. The van der Waals surface area contributed by atoms with E-state index in [1.54, 1.807) is 18.3 Å². The van der Waals surface area contributed by atoms with Crippen molar-refractivity contribution in [2.75, 3.05) is 25.1 Å². The normalized spacial score (nSPS) is 10.6. The molecule has 6 heteroatoms. The highest BCUT2D eigenvalue weighted by Crippen LogP contribution is 2.29. The van der Waals surface area contributed by atoms with Crippen molar-refractivity contribution in [1.29, 1.82) is 0 Å². The number of nitro groups is 1. The summed E-state index contributed by atoms with van der Waals surface area (Å²) in [5.74, 6) is 0. The standard InChI is InChI=1S/C13H15N3O3/c1-2-19-9-8-14-11-5-6-12(16(17)18)13-10(11)4-3-7-15-13/h3-7,14H,2,8-9H2,1H3. The molecule has 0 bridgehead atoms. The van der Waals surface area contributed by atoms with Crippen LogP contribution in [0, 0.1) is 10.1 Å². The molecule has 0 aliphatic carbocycles. The highest BCUT2D eigenvalue weighted by atomic mass is 16.6. The van der Waals surface area contributed by atoms with Gasteiger partial charge in [0.15, 0.2) is 0 Å². The van der Waals surface area contributed by atoms with E-state index in [-0.39, 0.29) is 5.69 Å². The van der Waals surface area contributed by atoms with Gasteiger partial charge in [-0.05, 0) is 25.1 Å². The maximum atomic E-state index is 11.0. The number of nitrogens with one attached hydrogen (secondary N) is 1. The highest BCUT2D eigenvalue weighted by molar-refractivity contribution is 5.96. The van der Waals surface area contributed by atoms with E-state index in [0.717, 1.165) is 11.1 Å². The van der Waals surface area contributed by atoms with Crippen molar-refractivity contribution in [2.45, 2.75) is 6.92 Å². The molecule has 6 nitrogen and oxygen atoms in total. The first-order valence-electron chi connectivity index (χ1n) is 6.07. The summed E-state index contributed by atoms with van der Waals surface area (Å²) in [6.45, 7) is 3.85. The molecule has 0 radical (unpaired) electrons. The predicted molar refractivity (Wildman–Crippen MR) is 73.4 cm³/mol. The van der Waals surface area contributed by atoms with Crippen LogP contribution in [0.2, 0.25) is 0 Å². The van der Waals surface area contributed by atoms with Gasteiger partial charge in [-0.2, -0.15) is 0 Å². The average molecular weight is 261 g/mol. The molecule has 2 rings (SSSR count). The zero-order valence-corrected chi connectivity index (χ0v) is 10.6. The Hall–Kier alpha value is -2.21. The third-order valence-corrected chi connectivity index (χ3v) is 2.71. The molecule has 1 aromatic heterocycles. The van der Waals surface area contributed by atoms with Gasteiger partial charge < -0.3 is 10.1 Å². The van der Waals surface area contributed by atoms with E-state index in [0.29, 0.717) is 25.3 Å². The molecular formula is C13H15N3O3. The number of pyridine rings is 1. The Morgan fingerprint density at radius 2 is 2.26 bits per heavy atom. The Kier molecular flexibility index (Phi) is 4.25. The third kappa shape index (κ3) is 2.97. The highest BCUT2D eigenvalue weighted by Gasteiger charge is 2.14. The average Bonchev–Trinajstić information content (AvgIpc) is 2.43. The molecule has 0 aliphatic rings. The van der Waals surface area contributed by atoms with Crippen LogP contribution < -0.4 is 5.32 Å². The maximum absolute atomic E-state index is 11.0. The number of ether oxygens (including phenoxy) is 1. The molecule has 0 fully saturated rings. The Morgan fingerprint density at radius 1 is 1.42 bits per heavy atom. The smallest absolute Gasteiger partial charge is 0.295 e. The van der Waals surface area contributed by atoms with Crippen molar-refractivity contribution in [2.24, 2.45) is 0 Å². The predicted octanol–water partition coefficient (Wildman–Crippen LogP) is 2.59. The molecule has 0 saturated carbocycles. The minimum absolute atomic E-state index is 0.0194. The van der Waals surface area contributed by atoms with E-state index < -0.39 is 4.92 Å². The molecule has 0 saturated heterocycles. The van der Waals surface area contributed by atoms with E-state index in [2.05, 4.69) is 10.3 Å². The summed E-state index contributed by atoms with van der Waals surface area (Å²) < 4.78 is 5.24. The number of non-ortho nitro benzene ring substituents is 1. The van der Waals surface area contributed by atoms with E-state index in [9.17, 15) is 10.1 Å². The molecule has 0 aliphatic heterocycles. The van der Waals surface area contributed by atoms with Crippen LogP contribution in [0.15, 0.2) is 30.5 Å². The van der Waals surface area contributed by atoms with Crippen LogP contribution in [0.5, 0.6) is 0 Å². The van der Waals surface area contributed by atoms with Gasteiger partial charge in [-0.15, -0.1) is 0 Å². The van der Waals surface area contributed by atoms with Crippen LogP contribution in [-0.2, 0) is 4.74 Å². The Morgan fingerprint density at radius 3 is 3.00 bits per heavy atom. The van der Waals surface area contributed by atoms with Gasteiger partial charge in [-0.1, -0.05) is 0 Å². The van der Waals surface area contributed by atoms with Crippen LogP contribution in [0.1, 0.15) is 6.92 Å². The number of hydrogen-bond donors (Lipinski definition) is 1. The number of nitro benzene ring substituents is 1. The number of nitrogens with zero attached hydrogens (tertiary/aromatic N) is 2. The number of benzene rings is 1. The van der Waals surface area contributed by atoms with Crippen LogP contribution in [0.4, 0.5) is 11.4 Å². The Bertz CT molecular complexity index is 586. The Balaban J connectivity index is 2.30. The van der Waals surface area contributed by atoms with Crippen molar-refractivity contribution in [3.63, 3.8) is 0 Å². The molecule has 19 heavy (non-hydrogen) atoms. The van der Waals surface area contributed by atoms with E-state index in [1.807, 2.05) is 13.0 Å². The fraction of sp³-hybridized carbons (Fsp3) is 0.308. The molecule has 0 unspecified atom stereocenters. The van der Waals surface area contributed by atoms with Crippen LogP contribution in [0.25, 0.3) is 10.9 Å². The van der Waals surface area contributed by atoms with Crippen LogP contribution in [0.3, 0.4) is 0 Å². The molecule has 1 heterocycles. The molecule has 0 atom stereocenters. The van der Waals surface area contributed by atoms with Gasteiger partial charge in [0.05, 0.1) is 11.5 Å². The summed E-state index contributed by atoms with van der Waals surface area (Å²) >= 11 is 0. The summed E-state index contributed by atoms with van der Waals surface area (Å²) in [6, 6.07) is 6.75. The van der Waals surface area contributed by atoms with Gasteiger partial charge in [-0.25, -0.2) is 4.98 Å². The number of rotatable bonds is 6. The van der Waals surface area contributed by atoms with E-state index >= 15 is 0 Å². The topological polar surface area (TPSA) is 77.3 Å². The second kappa shape index (κ2) is 6.10. The van der Waals surface area contributed by atoms with Gasteiger partial charge >= 0.3 is 0 Å².